The molecule has 3 aromatic carbocycles. The van der Waals surface area contributed by atoms with Crippen molar-refractivity contribution in [2.75, 3.05) is 18.1 Å². The molecule has 0 bridgehead atoms. The number of amides is 1. The maximum atomic E-state index is 13.3. The third-order valence-electron chi connectivity index (χ3n) is 6.02. The van der Waals surface area contributed by atoms with Crippen molar-refractivity contribution in [1.82, 2.24) is 0 Å². The number of hydrogen-bond acceptors (Lipinski definition) is 5. The topological polar surface area (TPSA) is 76.1 Å². The first-order valence-electron chi connectivity index (χ1n) is 10.8. The van der Waals surface area contributed by atoms with Crippen molar-refractivity contribution < 1.29 is 24.2 Å². The van der Waals surface area contributed by atoms with E-state index < -0.39 is 17.7 Å². The Bertz CT molecular complexity index is 1310. The molecule has 3 aromatic rings. The molecule has 1 unspecified atom stereocenters. The Labute approximate surface area is 191 Å². The molecule has 166 valence electrons. The van der Waals surface area contributed by atoms with Gasteiger partial charge in [-0.2, -0.15) is 0 Å². The van der Waals surface area contributed by atoms with Gasteiger partial charge in [-0.05, 0) is 60.9 Å². The summed E-state index contributed by atoms with van der Waals surface area (Å²) in [5, 5.41) is 11.3. The molecule has 2 aliphatic heterocycles. The maximum absolute atomic E-state index is 13.3. The van der Waals surface area contributed by atoms with Gasteiger partial charge in [0.1, 0.15) is 19.0 Å². The molecule has 2 aliphatic rings. The van der Waals surface area contributed by atoms with E-state index in [2.05, 4.69) is 0 Å². The zero-order valence-corrected chi connectivity index (χ0v) is 18.4. The standard InChI is InChI=1S/C27H23NO5/c1-16-6-5-8-19(14-16)28-24(20-9-4-3-7-17(20)2)23(26(30)27(28)31)25(29)18-10-11-21-22(15-18)33-13-12-32-21/h3-11,14-15,24,29H,12-13H2,1-2H3/b25-23+. The van der Waals surface area contributed by atoms with Gasteiger partial charge in [0.2, 0.25) is 0 Å². The number of benzene rings is 3. The third kappa shape index (κ3) is 3.53. The van der Waals surface area contributed by atoms with Crippen LogP contribution in [0, 0.1) is 13.8 Å². The number of rotatable bonds is 3. The average molecular weight is 441 g/mol. The first kappa shape index (κ1) is 20.8. The van der Waals surface area contributed by atoms with Gasteiger partial charge in [-0.15, -0.1) is 0 Å². The van der Waals surface area contributed by atoms with Crippen LogP contribution in [0.1, 0.15) is 28.3 Å². The minimum absolute atomic E-state index is 0.0486. The average Bonchev–Trinajstić information content (AvgIpc) is 3.09. The van der Waals surface area contributed by atoms with E-state index in [0.29, 0.717) is 36.0 Å². The van der Waals surface area contributed by atoms with Crippen LogP contribution in [0.25, 0.3) is 5.76 Å². The second-order valence-corrected chi connectivity index (χ2v) is 8.22. The quantitative estimate of drug-likeness (QED) is 0.362. The van der Waals surface area contributed by atoms with Crippen LogP contribution in [-0.2, 0) is 9.59 Å². The van der Waals surface area contributed by atoms with Crippen LogP contribution in [0.4, 0.5) is 5.69 Å². The number of nitrogens with zero attached hydrogens (tertiary/aromatic N) is 1. The molecule has 0 aliphatic carbocycles. The summed E-state index contributed by atoms with van der Waals surface area (Å²) >= 11 is 0. The van der Waals surface area contributed by atoms with E-state index in [-0.39, 0.29) is 11.3 Å². The summed E-state index contributed by atoms with van der Waals surface area (Å²) in [7, 11) is 0. The largest absolute Gasteiger partial charge is 0.507 e. The summed E-state index contributed by atoms with van der Waals surface area (Å²) in [6.45, 7) is 4.71. The Morgan fingerprint density at radius 3 is 2.42 bits per heavy atom. The van der Waals surface area contributed by atoms with E-state index in [1.165, 1.54) is 4.90 Å². The monoisotopic (exact) mass is 441 g/mol. The maximum Gasteiger partial charge on any atom is 0.300 e. The van der Waals surface area contributed by atoms with E-state index in [1.807, 2.05) is 56.3 Å². The number of Topliss-reactive ketones (excluding diaryl/α,β-unsaturated/α-hetero) is 1. The zero-order valence-electron chi connectivity index (χ0n) is 18.4. The molecule has 33 heavy (non-hydrogen) atoms. The van der Waals surface area contributed by atoms with Crippen molar-refractivity contribution >= 4 is 23.1 Å². The summed E-state index contributed by atoms with van der Waals surface area (Å²) in [5.41, 5.74) is 3.69. The Hall–Kier alpha value is -4.06. The SMILES string of the molecule is Cc1cccc(N2C(=O)C(=O)/C(=C(/O)c3ccc4c(c3)OCCO4)C2c2ccccc2C)c1. The summed E-state index contributed by atoms with van der Waals surface area (Å²) in [6, 6.07) is 19.2. The molecule has 6 heteroatoms. The number of ether oxygens (including phenoxy) is 2. The molecule has 1 N–H and O–H groups in total. The molecule has 0 saturated carbocycles. The van der Waals surface area contributed by atoms with Gasteiger partial charge in [0, 0.05) is 11.3 Å². The summed E-state index contributed by atoms with van der Waals surface area (Å²) in [5.74, 6) is -0.571. The van der Waals surface area contributed by atoms with Crippen molar-refractivity contribution in [3.63, 3.8) is 0 Å². The number of aliphatic hydroxyl groups is 1. The van der Waals surface area contributed by atoms with Crippen molar-refractivity contribution in [2.45, 2.75) is 19.9 Å². The van der Waals surface area contributed by atoms with Gasteiger partial charge in [0.25, 0.3) is 11.7 Å². The third-order valence-corrected chi connectivity index (χ3v) is 6.02. The van der Waals surface area contributed by atoms with Crippen molar-refractivity contribution in [2.24, 2.45) is 0 Å². The summed E-state index contributed by atoms with van der Waals surface area (Å²) in [6.07, 6.45) is 0. The lowest BCUT2D eigenvalue weighted by molar-refractivity contribution is -0.132. The highest BCUT2D eigenvalue weighted by Gasteiger charge is 2.47. The van der Waals surface area contributed by atoms with Gasteiger partial charge in [0.05, 0.1) is 11.6 Å². The fourth-order valence-electron chi connectivity index (χ4n) is 4.41. The van der Waals surface area contributed by atoms with Gasteiger partial charge in [0.15, 0.2) is 11.5 Å². The lowest BCUT2D eigenvalue weighted by atomic mass is 9.92. The van der Waals surface area contributed by atoms with Crippen LogP contribution >= 0.6 is 0 Å². The number of hydrogen-bond donors (Lipinski definition) is 1. The molecular formula is C27H23NO5. The number of anilines is 1. The molecular weight excluding hydrogens is 418 g/mol. The number of ketones is 1. The first-order valence-corrected chi connectivity index (χ1v) is 10.8. The van der Waals surface area contributed by atoms with Gasteiger partial charge in [-0.3, -0.25) is 14.5 Å². The molecule has 1 atom stereocenters. The van der Waals surface area contributed by atoms with Crippen LogP contribution in [0.15, 0.2) is 72.3 Å². The Morgan fingerprint density at radius 2 is 1.67 bits per heavy atom. The van der Waals surface area contributed by atoms with Gasteiger partial charge < -0.3 is 14.6 Å². The predicted octanol–water partition coefficient (Wildman–Crippen LogP) is 4.70. The Balaban J connectivity index is 1.72. The van der Waals surface area contributed by atoms with E-state index in [4.69, 9.17) is 9.47 Å². The predicted molar refractivity (Wildman–Crippen MR) is 125 cm³/mol. The minimum Gasteiger partial charge on any atom is -0.507 e. The van der Waals surface area contributed by atoms with E-state index in [1.54, 1.807) is 24.3 Å². The molecule has 2 heterocycles. The molecule has 6 nitrogen and oxygen atoms in total. The van der Waals surface area contributed by atoms with Crippen molar-refractivity contribution in [3.05, 3.63) is 94.6 Å². The summed E-state index contributed by atoms with van der Waals surface area (Å²) < 4.78 is 11.2. The smallest absolute Gasteiger partial charge is 0.300 e. The highest BCUT2D eigenvalue weighted by atomic mass is 16.6. The second kappa shape index (κ2) is 8.13. The van der Waals surface area contributed by atoms with Gasteiger partial charge >= 0.3 is 0 Å². The van der Waals surface area contributed by atoms with Crippen LogP contribution < -0.4 is 14.4 Å². The summed E-state index contributed by atoms with van der Waals surface area (Å²) in [4.78, 5) is 28.1. The second-order valence-electron chi connectivity index (χ2n) is 8.22. The fourth-order valence-corrected chi connectivity index (χ4v) is 4.41. The van der Waals surface area contributed by atoms with E-state index in [0.717, 1.165) is 16.7 Å². The fraction of sp³-hybridized carbons (Fsp3) is 0.185. The van der Waals surface area contributed by atoms with Gasteiger partial charge in [-0.1, -0.05) is 36.4 Å². The molecule has 1 saturated heterocycles. The van der Waals surface area contributed by atoms with E-state index in [9.17, 15) is 14.7 Å². The van der Waals surface area contributed by atoms with Crippen molar-refractivity contribution in [1.29, 1.82) is 0 Å². The molecule has 0 aromatic heterocycles. The zero-order chi connectivity index (χ0) is 23.1. The minimum atomic E-state index is -0.763. The molecule has 0 spiro atoms. The lowest BCUT2D eigenvalue weighted by Crippen LogP contribution is -2.29. The van der Waals surface area contributed by atoms with E-state index >= 15 is 0 Å². The normalized spacial score (nSPS) is 19.1. The molecule has 5 rings (SSSR count). The molecule has 1 fully saturated rings. The highest BCUT2D eigenvalue weighted by molar-refractivity contribution is 6.51. The highest BCUT2D eigenvalue weighted by Crippen LogP contribution is 2.44. The van der Waals surface area contributed by atoms with Crippen LogP contribution in [-0.4, -0.2) is 30.0 Å². The number of carbonyl (C=O) groups excluding carboxylic acids is 2. The van der Waals surface area contributed by atoms with Crippen LogP contribution in [0.2, 0.25) is 0 Å². The Morgan fingerprint density at radius 1 is 0.909 bits per heavy atom. The van der Waals surface area contributed by atoms with Crippen LogP contribution in [0.3, 0.4) is 0 Å². The van der Waals surface area contributed by atoms with Crippen LogP contribution in [0.5, 0.6) is 11.5 Å². The Kier molecular flexibility index (Phi) is 5.13. The number of fused-ring (bicyclic) bond motifs is 1. The number of aryl methyl sites for hydroxylation is 2. The van der Waals surface area contributed by atoms with Crippen molar-refractivity contribution in [3.8, 4) is 11.5 Å². The van der Waals surface area contributed by atoms with Gasteiger partial charge in [-0.25, -0.2) is 0 Å². The molecule has 0 radical (unpaired) electrons. The molecule has 1 amide bonds. The number of aliphatic hydroxyl groups excluding tert-OH is 1. The lowest BCUT2D eigenvalue weighted by Gasteiger charge is -2.27. The first-order chi connectivity index (χ1) is 16.0. The number of carbonyl (C=O) groups is 2.